The van der Waals surface area contributed by atoms with Gasteiger partial charge < -0.3 is 5.11 Å². The third kappa shape index (κ3) is 1.83. The first-order valence-electron chi connectivity index (χ1n) is 3.58. The van der Waals surface area contributed by atoms with E-state index in [0.29, 0.717) is 0 Å². The molecule has 1 N–H and O–H groups in total. The predicted octanol–water partition coefficient (Wildman–Crippen LogP) is 3.05. The summed E-state index contributed by atoms with van der Waals surface area (Å²) in [4.78, 5) is 4.89. The van der Waals surface area contributed by atoms with E-state index >= 15 is 0 Å². The Morgan fingerprint density at radius 2 is 2.38 bits per heavy atom. The Kier molecular flexibility index (Phi) is 2.78. The molecule has 0 bridgehead atoms. The second-order valence-corrected chi connectivity index (χ2v) is 4.88. The maximum absolute atomic E-state index is 9.90. The molecule has 0 aromatic carbocycles. The van der Waals surface area contributed by atoms with Crippen LogP contribution in [0.15, 0.2) is 26.9 Å². The van der Waals surface area contributed by atoms with E-state index in [1.165, 1.54) is 11.3 Å². The number of nitrogens with zero attached hydrogens (tertiary/aromatic N) is 1. The zero-order chi connectivity index (χ0) is 9.26. The summed E-state index contributed by atoms with van der Waals surface area (Å²) in [6.45, 7) is 0. The minimum atomic E-state index is -0.548. The molecule has 68 valence electrons. The molecule has 0 spiro atoms. The Morgan fingerprint density at radius 3 is 2.92 bits per heavy atom. The molecule has 2 aromatic rings. The van der Waals surface area contributed by atoms with Crippen molar-refractivity contribution in [2.75, 3.05) is 0 Å². The Labute approximate surface area is 92.0 Å². The van der Waals surface area contributed by atoms with Gasteiger partial charge in [-0.3, -0.25) is 0 Å². The molecule has 1 atom stereocenters. The van der Waals surface area contributed by atoms with Crippen LogP contribution in [-0.2, 0) is 0 Å². The summed E-state index contributed by atoms with van der Waals surface area (Å²) >= 11 is 6.33. The van der Waals surface area contributed by atoms with Crippen LogP contribution in [-0.4, -0.2) is 10.1 Å². The fraction of sp³-hybridized carbons (Fsp3) is 0.125. The molecule has 0 amide bonds. The van der Waals surface area contributed by atoms with Gasteiger partial charge in [-0.2, -0.15) is 11.3 Å². The summed E-state index contributed by atoms with van der Waals surface area (Å²) in [5.41, 5.74) is 2.64. The normalized spacial score (nSPS) is 13.1. The lowest BCUT2D eigenvalue weighted by Crippen LogP contribution is -1.95. The minimum absolute atomic E-state index is 0.548. The van der Waals surface area contributed by atoms with Gasteiger partial charge in [0.25, 0.3) is 0 Å². The fourth-order valence-electron chi connectivity index (χ4n) is 1.00. The molecule has 0 aliphatic carbocycles. The molecular weight excluding hydrogens is 270 g/mol. The van der Waals surface area contributed by atoms with Gasteiger partial charge in [-0.1, -0.05) is 0 Å². The molecule has 0 aliphatic heterocycles. The van der Waals surface area contributed by atoms with Crippen molar-refractivity contribution in [1.29, 1.82) is 0 Å². The fourth-order valence-corrected chi connectivity index (χ4v) is 3.10. The average molecular weight is 276 g/mol. The Hall–Kier alpha value is -0.230. The van der Waals surface area contributed by atoms with Gasteiger partial charge in [0, 0.05) is 0 Å². The van der Waals surface area contributed by atoms with Gasteiger partial charge in [0.15, 0.2) is 0 Å². The van der Waals surface area contributed by atoms with Gasteiger partial charge in [-0.05, 0) is 38.3 Å². The van der Waals surface area contributed by atoms with Gasteiger partial charge in [0.1, 0.15) is 10.7 Å². The SMILES string of the molecule is OC(c1ccsc1)c1scnc1Br. The van der Waals surface area contributed by atoms with E-state index in [1.54, 1.807) is 16.8 Å². The minimum Gasteiger partial charge on any atom is -0.383 e. The average Bonchev–Trinajstić information content (AvgIpc) is 2.72. The van der Waals surface area contributed by atoms with Crippen molar-refractivity contribution < 1.29 is 5.11 Å². The maximum atomic E-state index is 9.90. The second kappa shape index (κ2) is 3.88. The zero-order valence-corrected chi connectivity index (χ0v) is 9.69. The Morgan fingerprint density at radius 1 is 1.54 bits per heavy atom. The van der Waals surface area contributed by atoms with Gasteiger partial charge >= 0.3 is 0 Å². The lowest BCUT2D eigenvalue weighted by Gasteiger charge is -2.05. The Balaban J connectivity index is 2.33. The summed E-state index contributed by atoms with van der Waals surface area (Å²) in [6.07, 6.45) is -0.548. The van der Waals surface area contributed by atoms with Gasteiger partial charge in [0.05, 0.1) is 10.4 Å². The number of hydrogen-bond donors (Lipinski definition) is 1. The topological polar surface area (TPSA) is 33.1 Å². The molecule has 2 aromatic heterocycles. The van der Waals surface area contributed by atoms with Gasteiger partial charge in [-0.25, -0.2) is 4.98 Å². The van der Waals surface area contributed by atoms with Crippen LogP contribution in [0.25, 0.3) is 0 Å². The molecule has 2 heterocycles. The lowest BCUT2D eigenvalue weighted by atomic mass is 10.2. The summed E-state index contributed by atoms with van der Waals surface area (Å²) in [6, 6.07) is 1.92. The van der Waals surface area contributed by atoms with Crippen molar-refractivity contribution in [2.24, 2.45) is 0 Å². The molecule has 0 saturated heterocycles. The van der Waals surface area contributed by atoms with Crippen molar-refractivity contribution >= 4 is 38.6 Å². The number of thiophene rings is 1. The van der Waals surface area contributed by atoms with Crippen molar-refractivity contribution in [2.45, 2.75) is 6.10 Å². The Bertz CT molecular complexity index is 385. The van der Waals surface area contributed by atoms with Crippen molar-refractivity contribution in [3.63, 3.8) is 0 Å². The van der Waals surface area contributed by atoms with Crippen molar-refractivity contribution in [3.05, 3.63) is 37.4 Å². The van der Waals surface area contributed by atoms with E-state index in [0.717, 1.165) is 15.0 Å². The number of thiazole rings is 1. The molecule has 13 heavy (non-hydrogen) atoms. The highest BCUT2D eigenvalue weighted by Crippen LogP contribution is 2.31. The van der Waals surface area contributed by atoms with Crippen LogP contribution >= 0.6 is 38.6 Å². The first-order valence-corrected chi connectivity index (χ1v) is 6.19. The molecule has 5 heteroatoms. The number of aliphatic hydroxyl groups is 1. The molecule has 0 fully saturated rings. The van der Waals surface area contributed by atoms with E-state index in [9.17, 15) is 5.11 Å². The van der Waals surface area contributed by atoms with Gasteiger partial charge in [0.2, 0.25) is 0 Å². The summed E-state index contributed by atoms with van der Waals surface area (Å²) in [5, 5.41) is 13.8. The van der Waals surface area contributed by atoms with E-state index in [2.05, 4.69) is 20.9 Å². The third-order valence-electron chi connectivity index (χ3n) is 1.66. The number of aliphatic hydroxyl groups excluding tert-OH is 1. The van der Waals surface area contributed by atoms with E-state index < -0.39 is 6.10 Å². The highest BCUT2D eigenvalue weighted by Gasteiger charge is 2.15. The summed E-state index contributed by atoms with van der Waals surface area (Å²) < 4.78 is 0.733. The second-order valence-electron chi connectivity index (χ2n) is 2.47. The maximum Gasteiger partial charge on any atom is 0.123 e. The van der Waals surface area contributed by atoms with Crippen LogP contribution in [0.4, 0.5) is 0 Å². The molecule has 0 radical (unpaired) electrons. The standard InChI is InChI=1S/C8H6BrNOS2/c9-8-7(13-4-10-8)6(11)5-1-2-12-3-5/h1-4,6,11H. The quantitative estimate of drug-likeness (QED) is 0.914. The summed E-state index contributed by atoms with van der Waals surface area (Å²) in [5.74, 6) is 0. The molecular formula is C8H6BrNOS2. The highest BCUT2D eigenvalue weighted by atomic mass is 79.9. The molecule has 2 rings (SSSR count). The number of rotatable bonds is 2. The summed E-state index contributed by atoms with van der Waals surface area (Å²) in [7, 11) is 0. The number of hydrogen-bond acceptors (Lipinski definition) is 4. The monoisotopic (exact) mass is 275 g/mol. The number of aromatic nitrogens is 1. The predicted molar refractivity (Wildman–Crippen MR) is 58.2 cm³/mol. The van der Waals surface area contributed by atoms with E-state index in [-0.39, 0.29) is 0 Å². The number of halogens is 1. The molecule has 2 nitrogen and oxygen atoms in total. The van der Waals surface area contributed by atoms with Crippen LogP contribution in [0.3, 0.4) is 0 Å². The lowest BCUT2D eigenvalue weighted by molar-refractivity contribution is 0.223. The van der Waals surface area contributed by atoms with Crippen molar-refractivity contribution in [3.8, 4) is 0 Å². The first kappa shape index (κ1) is 9.33. The highest BCUT2D eigenvalue weighted by molar-refractivity contribution is 9.10. The van der Waals surface area contributed by atoms with Crippen LogP contribution in [0, 0.1) is 0 Å². The molecule has 1 unspecified atom stereocenters. The zero-order valence-electron chi connectivity index (χ0n) is 6.48. The third-order valence-corrected chi connectivity index (χ3v) is 4.13. The largest absolute Gasteiger partial charge is 0.383 e. The van der Waals surface area contributed by atoms with Crippen LogP contribution in [0.2, 0.25) is 0 Å². The van der Waals surface area contributed by atoms with Crippen LogP contribution < -0.4 is 0 Å². The van der Waals surface area contributed by atoms with Gasteiger partial charge in [-0.15, -0.1) is 11.3 Å². The molecule has 0 saturated carbocycles. The first-order chi connectivity index (χ1) is 6.29. The smallest absolute Gasteiger partial charge is 0.123 e. The van der Waals surface area contributed by atoms with Crippen molar-refractivity contribution in [1.82, 2.24) is 4.98 Å². The van der Waals surface area contributed by atoms with Crippen LogP contribution in [0.1, 0.15) is 16.5 Å². The molecule has 0 aliphatic rings. The van der Waals surface area contributed by atoms with E-state index in [4.69, 9.17) is 0 Å². The van der Waals surface area contributed by atoms with Crippen LogP contribution in [0.5, 0.6) is 0 Å². The van der Waals surface area contributed by atoms with E-state index in [1.807, 2.05) is 16.8 Å².